The number of para-hydroxylation sites is 3. The second-order valence-electron chi connectivity index (χ2n) is 6.53. The van der Waals surface area contributed by atoms with Gasteiger partial charge in [0, 0.05) is 18.7 Å². The number of nitrogens with one attached hydrogen (secondary N) is 1. The summed E-state index contributed by atoms with van der Waals surface area (Å²) in [7, 11) is 1.58. The lowest BCUT2D eigenvalue weighted by Gasteiger charge is -2.20. The highest BCUT2D eigenvalue weighted by Gasteiger charge is 2.36. The molecule has 1 aliphatic heterocycles. The van der Waals surface area contributed by atoms with Crippen molar-refractivity contribution in [2.45, 2.75) is 26.7 Å². The van der Waals surface area contributed by atoms with E-state index in [1.165, 1.54) is 0 Å². The third kappa shape index (κ3) is 3.43. The summed E-state index contributed by atoms with van der Waals surface area (Å²) in [6, 6.07) is 13.4. The van der Waals surface area contributed by atoms with E-state index in [1.54, 1.807) is 12.0 Å². The van der Waals surface area contributed by atoms with Crippen LogP contribution in [0.15, 0.2) is 42.5 Å². The van der Waals surface area contributed by atoms with Gasteiger partial charge in [-0.15, -0.1) is 0 Å². The summed E-state index contributed by atoms with van der Waals surface area (Å²) in [6.45, 7) is 4.40. The molecule has 136 valence electrons. The third-order valence-electron chi connectivity index (χ3n) is 4.86. The lowest BCUT2D eigenvalue weighted by molar-refractivity contribution is -0.122. The van der Waals surface area contributed by atoms with Crippen LogP contribution in [0.25, 0.3) is 0 Å². The van der Waals surface area contributed by atoms with E-state index in [-0.39, 0.29) is 24.2 Å². The number of amides is 2. The predicted molar refractivity (Wildman–Crippen MR) is 103 cm³/mol. The molecule has 1 fully saturated rings. The first-order valence-electron chi connectivity index (χ1n) is 8.87. The Morgan fingerprint density at radius 2 is 2.00 bits per heavy atom. The molecule has 1 heterocycles. The molecule has 1 N–H and O–H groups in total. The summed E-state index contributed by atoms with van der Waals surface area (Å²) >= 11 is 0. The Morgan fingerprint density at radius 3 is 2.73 bits per heavy atom. The van der Waals surface area contributed by atoms with E-state index in [2.05, 4.69) is 12.2 Å². The molecule has 3 rings (SSSR count). The van der Waals surface area contributed by atoms with Gasteiger partial charge in [0.2, 0.25) is 11.8 Å². The van der Waals surface area contributed by atoms with E-state index in [0.717, 1.165) is 23.2 Å². The van der Waals surface area contributed by atoms with Gasteiger partial charge < -0.3 is 15.0 Å². The maximum Gasteiger partial charge on any atom is 0.229 e. The molecule has 2 amide bonds. The zero-order chi connectivity index (χ0) is 18.7. The quantitative estimate of drug-likeness (QED) is 0.895. The summed E-state index contributed by atoms with van der Waals surface area (Å²) in [5.41, 5.74) is 3.71. The zero-order valence-electron chi connectivity index (χ0n) is 15.4. The minimum atomic E-state index is -0.378. The first-order chi connectivity index (χ1) is 12.5. The van der Waals surface area contributed by atoms with E-state index in [1.807, 2.05) is 49.4 Å². The van der Waals surface area contributed by atoms with E-state index in [9.17, 15) is 9.59 Å². The number of methoxy groups -OCH3 is 1. The molecule has 1 atom stereocenters. The molecule has 0 spiro atoms. The Bertz CT molecular complexity index is 832. The lowest BCUT2D eigenvalue weighted by Crippen LogP contribution is -2.28. The Kier molecular flexibility index (Phi) is 5.26. The summed E-state index contributed by atoms with van der Waals surface area (Å²) in [6.07, 6.45) is 1.05. The Labute approximate surface area is 154 Å². The number of rotatable bonds is 5. The minimum absolute atomic E-state index is 0.0600. The van der Waals surface area contributed by atoms with Crippen molar-refractivity contribution in [2.75, 3.05) is 23.9 Å². The van der Waals surface area contributed by atoms with Gasteiger partial charge in [-0.3, -0.25) is 9.59 Å². The van der Waals surface area contributed by atoms with Crippen LogP contribution in [-0.4, -0.2) is 25.5 Å². The van der Waals surface area contributed by atoms with Crippen molar-refractivity contribution >= 4 is 23.2 Å². The molecule has 0 aromatic heterocycles. The van der Waals surface area contributed by atoms with E-state index in [0.29, 0.717) is 18.0 Å². The molecular formula is C21H24N2O3. The summed E-state index contributed by atoms with van der Waals surface area (Å²) < 4.78 is 5.35. The second-order valence-corrected chi connectivity index (χ2v) is 6.53. The van der Waals surface area contributed by atoms with Crippen LogP contribution >= 0.6 is 0 Å². The molecule has 26 heavy (non-hydrogen) atoms. The monoisotopic (exact) mass is 352 g/mol. The molecule has 0 aliphatic carbocycles. The van der Waals surface area contributed by atoms with Crippen molar-refractivity contribution < 1.29 is 14.3 Å². The molecule has 2 aromatic carbocycles. The third-order valence-corrected chi connectivity index (χ3v) is 4.86. The van der Waals surface area contributed by atoms with Gasteiger partial charge >= 0.3 is 0 Å². The average molecular weight is 352 g/mol. The predicted octanol–water partition coefficient (Wildman–Crippen LogP) is 3.56. The highest BCUT2D eigenvalue weighted by molar-refractivity contribution is 6.04. The number of hydrogen-bond donors (Lipinski definition) is 1. The van der Waals surface area contributed by atoms with Gasteiger partial charge in [0.25, 0.3) is 0 Å². The molecule has 0 bridgehead atoms. The number of anilines is 2. The molecule has 0 radical (unpaired) electrons. The molecule has 5 heteroatoms. The molecule has 5 nitrogen and oxygen atoms in total. The average Bonchev–Trinajstić information content (AvgIpc) is 3.05. The SMILES string of the molecule is CCc1cccc(C)c1NC(=O)C1CC(=O)N(c2ccccc2OC)C1. The topological polar surface area (TPSA) is 58.6 Å². The van der Waals surface area contributed by atoms with Crippen molar-refractivity contribution in [1.82, 2.24) is 0 Å². The van der Waals surface area contributed by atoms with Crippen molar-refractivity contribution in [3.8, 4) is 5.75 Å². The fraction of sp³-hybridized carbons (Fsp3) is 0.333. The first-order valence-corrected chi connectivity index (χ1v) is 8.87. The van der Waals surface area contributed by atoms with Crippen LogP contribution in [0.2, 0.25) is 0 Å². The van der Waals surface area contributed by atoms with Gasteiger partial charge in [-0.05, 0) is 36.6 Å². The molecule has 1 saturated heterocycles. The van der Waals surface area contributed by atoms with Gasteiger partial charge in [-0.1, -0.05) is 37.3 Å². The maximum absolute atomic E-state index is 12.8. The van der Waals surface area contributed by atoms with E-state index < -0.39 is 0 Å². The largest absolute Gasteiger partial charge is 0.495 e. The highest BCUT2D eigenvalue weighted by atomic mass is 16.5. The van der Waals surface area contributed by atoms with Gasteiger partial charge in [-0.25, -0.2) is 0 Å². The second kappa shape index (κ2) is 7.60. The fourth-order valence-corrected chi connectivity index (χ4v) is 3.40. The Balaban J connectivity index is 1.78. The molecular weight excluding hydrogens is 328 g/mol. The molecule has 2 aromatic rings. The molecule has 0 saturated carbocycles. The standard InChI is InChI=1S/C21H24N2O3/c1-4-15-9-7-8-14(2)20(15)22-21(25)16-12-19(24)23(13-16)17-10-5-6-11-18(17)26-3/h5-11,16H,4,12-13H2,1-3H3,(H,22,25). The highest BCUT2D eigenvalue weighted by Crippen LogP contribution is 2.33. The number of carbonyl (C=O) groups excluding carboxylic acids is 2. The van der Waals surface area contributed by atoms with Crippen molar-refractivity contribution in [3.05, 3.63) is 53.6 Å². The lowest BCUT2D eigenvalue weighted by atomic mass is 10.0. The summed E-state index contributed by atoms with van der Waals surface area (Å²) in [4.78, 5) is 26.9. The number of benzene rings is 2. The van der Waals surface area contributed by atoms with Crippen LogP contribution in [0, 0.1) is 12.8 Å². The first kappa shape index (κ1) is 18.0. The van der Waals surface area contributed by atoms with Crippen molar-refractivity contribution in [1.29, 1.82) is 0 Å². The molecule has 1 unspecified atom stereocenters. The number of nitrogens with zero attached hydrogens (tertiary/aromatic N) is 1. The normalized spacial score (nSPS) is 16.7. The van der Waals surface area contributed by atoms with Crippen molar-refractivity contribution in [3.63, 3.8) is 0 Å². The number of carbonyl (C=O) groups is 2. The minimum Gasteiger partial charge on any atom is -0.495 e. The van der Waals surface area contributed by atoms with Crippen LogP contribution in [0.1, 0.15) is 24.5 Å². The van der Waals surface area contributed by atoms with Gasteiger partial charge in [0.1, 0.15) is 5.75 Å². The smallest absolute Gasteiger partial charge is 0.229 e. The van der Waals surface area contributed by atoms with E-state index >= 15 is 0 Å². The maximum atomic E-state index is 12.8. The van der Waals surface area contributed by atoms with Gasteiger partial charge in [-0.2, -0.15) is 0 Å². The summed E-state index contributed by atoms with van der Waals surface area (Å²) in [5.74, 6) is 0.0840. The fourth-order valence-electron chi connectivity index (χ4n) is 3.40. The molecule has 1 aliphatic rings. The Hall–Kier alpha value is -2.82. The number of ether oxygens (including phenoxy) is 1. The van der Waals surface area contributed by atoms with Crippen molar-refractivity contribution in [2.24, 2.45) is 5.92 Å². The van der Waals surface area contributed by atoms with Crippen LogP contribution in [-0.2, 0) is 16.0 Å². The van der Waals surface area contributed by atoms with E-state index in [4.69, 9.17) is 4.74 Å². The Morgan fingerprint density at radius 1 is 1.23 bits per heavy atom. The van der Waals surface area contributed by atoms with Crippen LogP contribution in [0.3, 0.4) is 0 Å². The van der Waals surface area contributed by atoms with Gasteiger partial charge in [0.05, 0.1) is 18.7 Å². The number of aryl methyl sites for hydroxylation is 2. The van der Waals surface area contributed by atoms with Crippen LogP contribution in [0.5, 0.6) is 5.75 Å². The van der Waals surface area contributed by atoms with Crippen LogP contribution < -0.4 is 15.0 Å². The zero-order valence-corrected chi connectivity index (χ0v) is 15.4. The van der Waals surface area contributed by atoms with Crippen LogP contribution in [0.4, 0.5) is 11.4 Å². The van der Waals surface area contributed by atoms with Gasteiger partial charge in [0.15, 0.2) is 0 Å². The summed E-state index contributed by atoms with van der Waals surface area (Å²) in [5, 5.41) is 3.04. The number of hydrogen-bond acceptors (Lipinski definition) is 3.